The van der Waals surface area contributed by atoms with Gasteiger partial charge in [0.2, 0.25) is 5.90 Å². The average Bonchev–Trinajstić information content (AvgIpc) is 3.16. The summed E-state index contributed by atoms with van der Waals surface area (Å²) in [6.45, 7) is 3.16. The van der Waals surface area contributed by atoms with Gasteiger partial charge in [-0.05, 0) is 55.0 Å². The van der Waals surface area contributed by atoms with Gasteiger partial charge in [-0.15, -0.1) is 0 Å². The lowest BCUT2D eigenvalue weighted by atomic mass is 10.1. The molecule has 0 aromatic heterocycles. The third-order valence-corrected chi connectivity index (χ3v) is 4.67. The zero-order chi connectivity index (χ0) is 21.5. The smallest absolute Gasteiger partial charge is 0.363 e. The normalized spacial score (nSPS) is 14.3. The summed E-state index contributed by atoms with van der Waals surface area (Å²) < 4.78 is 16.7. The first-order valence-electron chi connectivity index (χ1n) is 10.2. The molecule has 3 aromatic carbocycles. The summed E-state index contributed by atoms with van der Waals surface area (Å²) in [4.78, 5) is 16.5. The van der Waals surface area contributed by atoms with Crippen LogP contribution in [0, 0.1) is 6.92 Å². The lowest BCUT2D eigenvalue weighted by Gasteiger charge is -2.08. The quantitative estimate of drug-likeness (QED) is 0.290. The lowest BCUT2D eigenvalue weighted by molar-refractivity contribution is -0.129. The Morgan fingerprint density at radius 2 is 1.48 bits per heavy atom. The fourth-order valence-corrected chi connectivity index (χ4v) is 3.00. The number of aryl methyl sites for hydroxylation is 1. The Bertz CT molecular complexity index is 1080. The highest BCUT2D eigenvalue weighted by molar-refractivity contribution is 6.12. The summed E-state index contributed by atoms with van der Waals surface area (Å²) in [7, 11) is 0. The highest BCUT2D eigenvalue weighted by atomic mass is 16.6. The van der Waals surface area contributed by atoms with E-state index in [0.29, 0.717) is 19.1 Å². The number of cyclic esters (lactones) is 1. The molecule has 0 saturated carbocycles. The zero-order valence-corrected chi connectivity index (χ0v) is 17.3. The van der Waals surface area contributed by atoms with Gasteiger partial charge in [-0.2, -0.15) is 0 Å². The second-order valence-electron chi connectivity index (χ2n) is 7.13. The molecule has 0 aliphatic carbocycles. The van der Waals surface area contributed by atoms with E-state index in [1.165, 1.54) is 0 Å². The molecule has 5 nitrogen and oxygen atoms in total. The van der Waals surface area contributed by atoms with Crippen molar-refractivity contribution in [3.8, 4) is 11.5 Å². The van der Waals surface area contributed by atoms with Gasteiger partial charge in [-0.3, -0.25) is 0 Å². The number of carbonyl (C=O) groups excluding carboxylic acids is 1. The van der Waals surface area contributed by atoms with Gasteiger partial charge < -0.3 is 14.2 Å². The molecule has 4 rings (SSSR count). The molecule has 0 saturated heterocycles. The summed E-state index contributed by atoms with van der Waals surface area (Å²) >= 11 is 0. The van der Waals surface area contributed by atoms with E-state index in [9.17, 15) is 4.79 Å². The Morgan fingerprint density at radius 3 is 2.16 bits per heavy atom. The third-order valence-electron chi connectivity index (χ3n) is 4.67. The molecule has 1 heterocycles. The maximum atomic E-state index is 12.2. The Hall–Kier alpha value is -3.86. The first-order chi connectivity index (χ1) is 15.2. The van der Waals surface area contributed by atoms with Crippen LogP contribution in [0.5, 0.6) is 11.5 Å². The van der Waals surface area contributed by atoms with E-state index in [0.717, 1.165) is 34.6 Å². The number of benzene rings is 3. The first kappa shape index (κ1) is 20.4. The number of aliphatic imine (C=N–C) groups is 1. The van der Waals surface area contributed by atoms with E-state index in [2.05, 4.69) is 4.99 Å². The number of hydrogen-bond donors (Lipinski definition) is 0. The van der Waals surface area contributed by atoms with Crippen LogP contribution in [-0.2, 0) is 9.53 Å². The van der Waals surface area contributed by atoms with Crippen molar-refractivity contribution >= 4 is 17.9 Å². The molecule has 5 heteroatoms. The van der Waals surface area contributed by atoms with Crippen molar-refractivity contribution in [3.05, 3.63) is 101 Å². The Labute approximate surface area is 181 Å². The van der Waals surface area contributed by atoms with Gasteiger partial charge in [0.15, 0.2) is 5.70 Å². The number of rotatable bonds is 8. The van der Waals surface area contributed by atoms with Gasteiger partial charge >= 0.3 is 5.97 Å². The minimum absolute atomic E-state index is 0.280. The molecule has 0 unspecified atom stereocenters. The number of hydrogen-bond acceptors (Lipinski definition) is 5. The van der Waals surface area contributed by atoms with Gasteiger partial charge in [-0.1, -0.05) is 48.0 Å². The SMILES string of the molecule is Cc1ccc(C2=N/C(=C/c3ccc(OCCCOc4ccccc4)cc3)C(=O)O2)cc1. The Morgan fingerprint density at radius 1 is 0.839 bits per heavy atom. The van der Waals surface area contributed by atoms with Gasteiger partial charge in [-0.25, -0.2) is 9.79 Å². The van der Waals surface area contributed by atoms with E-state index in [1.807, 2.05) is 85.8 Å². The molecule has 0 bridgehead atoms. The first-order valence-corrected chi connectivity index (χ1v) is 10.2. The minimum atomic E-state index is -0.450. The Balaban J connectivity index is 1.30. The molecule has 3 aromatic rings. The monoisotopic (exact) mass is 413 g/mol. The van der Waals surface area contributed by atoms with E-state index < -0.39 is 5.97 Å². The third kappa shape index (κ3) is 5.60. The van der Waals surface area contributed by atoms with Crippen molar-refractivity contribution in [2.75, 3.05) is 13.2 Å². The van der Waals surface area contributed by atoms with Crippen LogP contribution >= 0.6 is 0 Å². The van der Waals surface area contributed by atoms with E-state index >= 15 is 0 Å². The number of carbonyl (C=O) groups is 1. The highest BCUT2D eigenvalue weighted by Crippen LogP contribution is 2.21. The van der Waals surface area contributed by atoms with Crippen LogP contribution in [0.2, 0.25) is 0 Å². The summed E-state index contributed by atoms with van der Waals surface area (Å²) in [5.41, 5.74) is 3.04. The second kappa shape index (κ2) is 9.76. The summed E-state index contributed by atoms with van der Waals surface area (Å²) in [5.74, 6) is 1.50. The predicted octanol–water partition coefficient (Wildman–Crippen LogP) is 5.19. The van der Waals surface area contributed by atoms with E-state index in [-0.39, 0.29) is 5.70 Å². The van der Waals surface area contributed by atoms with Crippen LogP contribution in [0.4, 0.5) is 0 Å². The molecule has 1 aliphatic rings. The van der Waals surface area contributed by atoms with Gasteiger partial charge in [0.05, 0.1) is 13.2 Å². The van der Waals surface area contributed by atoms with Gasteiger partial charge in [0.1, 0.15) is 11.5 Å². The number of ether oxygens (including phenoxy) is 3. The standard InChI is InChI=1S/C26H23NO4/c1-19-8-12-21(13-9-19)25-27-24(26(28)31-25)18-20-10-14-23(15-11-20)30-17-5-16-29-22-6-3-2-4-7-22/h2-4,6-15,18H,5,16-17H2,1H3/b24-18+. The molecule has 31 heavy (non-hydrogen) atoms. The van der Waals surface area contributed by atoms with Crippen LogP contribution in [-0.4, -0.2) is 25.1 Å². The van der Waals surface area contributed by atoms with E-state index in [1.54, 1.807) is 6.08 Å². The maximum Gasteiger partial charge on any atom is 0.363 e. The highest BCUT2D eigenvalue weighted by Gasteiger charge is 2.23. The minimum Gasteiger partial charge on any atom is -0.493 e. The fraction of sp³-hybridized carbons (Fsp3) is 0.154. The number of nitrogens with zero attached hydrogens (tertiary/aromatic N) is 1. The molecule has 156 valence electrons. The van der Waals surface area contributed by atoms with E-state index in [4.69, 9.17) is 14.2 Å². The van der Waals surface area contributed by atoms with Crippen molar-refractivity contribution in [3.63, 3.8) is 0 Å². The van der Waals surface area contributed by atoms with Crippen molar-refractivity contribution < 1.29 is 19.0 Å². The molecule has 0 spiro atoms. The van der Waals surface area contributed by atoms with Gasteiger partial charge in [0.25, 0.3) is 0 Å². The summed E-state index contributed by atoms with van der Waals surface area (Å²) in [5, 5.41) is 0. The molecule has 0 N–H and O–H groups in total. The van der Waals surface area contributed by atoms with Crippen LogP contribution < -0.4 is 9.47 Å². The number of esters is 1. The zero-order valence-electron chi connectivity index (χ0n) is 17.3. The molecule has 1 aliphatic heterocycles. The van der Waals surface area contributed by atoms with Crippen molar-refractivity contribution in [2.24, 2.45) is 4.99 Å². The molecule has 0 amide bonds. The maximum absolute atomic E-state index is 12.2. The molecule has 0 fully saturated rings. The van der Waals surface area contributed by atoms with Crippen molar-refractivity contribution in [1.82, 2.24) is 0 Å². The molecular weight excluding hydrogens is 390 g/mol. The van der Waals surface area contributed by atoms with Crippen molar-refractivity contribution in [2.45, 2.75) is 13.3 Å². The largest absolute Gasteiger partial charge is 0.493 e. The molecule has 0 radical (unpaired) electrons. The fourth-order valence-electron chi connectivity index (χ4n) is 3.00. The van der Waals surface area contributed by atoms with Crippen LogP contribution in [0.3, 0.4) is 0 Å². The Kier molecular flexibility index (Phi) is 6.43. The van der Waals surface area contributed by atoms with Crippen LogP contribution in [0.25, 0.3) is 6.08 Å². The molecule has 0 atom stereocenters. The van der Waals surface area contributed by atoms with Crippen LogP contribution in [0.15, 0.2) is 89.6 Å². The predicted molar refractivity (Wildman–Crippen MR) is 120 cm³/mol. The summed E-state index contributed by atoms with van der Waals surface area (Å²) in [6, 6.07) is 24.9. The summed E-state index contributed by atoms with van der Waals surface area (Å²) in [6.07, 6.45) is 2.49. The second-order valence-corrected chi connectivity index (χ2v) is 7.13. The van der Waals surface area contributed by atoms with Crippen LogP contribution in [0.1, 0.15) is 23.1 Å². The van der Waals surface area contributed by atoms with Crippen molar-refractivity contribution in [1.29, 1.82) is 0 Å². The topological polar surface area (TPSA) is 57.1 Å². The molecular formula is C26H23NO4. The lowest BCUT2D eigenvalue weighted by Crippen LogP contribution is -2.05. The average molecular weight is 413 g/mol. The number of para-hydroxylation sites is 1. The van der Waals surface area contributed by atoms with Gasteiger partial charge in [0, 0.05) is 12.0 Å².